The van der Waals surface area contributed by atoms with Crippen molar-refractivity contribution in [2.24, 2.45) is 7.05 Å². The molecule has 1 rings (SSSR count). The third-order valence-corrected chi connectivity index (χ3v) is 1.21. The van der Waals surface area contributed by atoms with E-state index >= 15 is 0 Å². The molecule has 10 heavy (non-hydrogen) atoms. The van der Waals surface area contributed by atoms with E-state index in [4.69, 9.17) is 0 Å². The second-order valence-corrected chi connectivity index (χ2v) is 2.35. The molecular weight excluding hydrogens is 203 g/mol. The Morgan fingerprint density at radius 1 is 1.50 bits per heavy atom. The standard InChI is InChI=1S/C6H10N3.Y/c1-5(2)6-7-4-8-9(6)3;/h5H,1-3H3;/q-1;. The SMILES string of the molecule is CC(C)c1n[c-]nn1C.[Y]. The Kier molecular flexibility index (Phi) is 4.29. The monoisotopic (exact) mass is 213 g/mol. The zero-order valence-corrected chi connectivity index (χ0v) is 9.33. The first-order valence-electron chi connectivity index (χ1n) is 2.99. The molecule has 1 aromatic rings. The summed E-state index contributed by atoms with van der Waals surface area (Å²) in [4.78, 5) is 3.94. The second kappa shape index (κ2) is 4.19. The largest absolute Gasteiger partial charge is 0.417 e. The molecule has 0 aliphatic heterocycles. The first-order chi connectivity index (χ1) is 4.22. The van der Waals surface area contributed by atoms with Crippen LogP contribution < -0.4 is 0 Å². The summed E-state index contributed by atoms with van der Waals surface area (Å²) in [6, 6.07) is 0. The van der Waals surface area contributed by atoms with Crippen LogP contribution in [0.1, 0.15) is 25.6 Å². The van der Waals surface area contributed by atoms with Crippen molar-refractivity contribution in [3.05, 3.63) is 12.2 Å². The van der Waals surface area contributed by atoms with E-state index in [1.54, 1.807) is 4.68 Å². The van der Waals surface area contributed by atoms with Crippen LogP contribution in [0, 0.1) is 6.33 Å². The van der Waals surface area contributed by atoms with Gasteiger partial charge in [-0.1, -0.05) is 19.8 Å². The predicted molar refractivity (Wildman–Crippen MR) is 33.9 cm³/mol. The van der Waals surface area contributed by atoms with Gasteiger partial charge < -0.3 is 9.67 Å². The average Bonchev–Trinajstić information content (AvgIpc) is 2.13. The molecule has 1 radical (unpaired) electrons. The van der Waals surface area contributed by atoms with Crippen molar-refractivity contribution in [3.8, 4) is 0 Å². The van der Waals surface area contributed by atoms with Gasteiger partial charge in [-0.15, -0.1) is 0 Å². The van der Waals surface area contributed by atoms with Gasteiger partial charge in [0.2, 0.25) is 0 Å². The van der Waals surface area contributed by atoms with Crippen molar-refractivity contribution in [1.82, 2.24) is 14.8 Å². The van der Waals surface area contributed by atoms with E-state index in [0.717, 1.165) is 5.82 Å². The maximum Gasteiger partial charge on any atom is 0.0107 e. The van der Waals surface area contributed by atoms with Crippen molar-refractivity contribution >= 4 is 0 Å². The van der Waals surface area contributed by atoms with Gasteiger partial charge in [-0.05, 0) is 12.2 Å². The molecule has 0 saturated carbocycles. The van der Waals surface area contributed by atoms with E-state index in [2.05, 4.69) is 30.3 Å². The van der Waals surface area contributed by atoms with Crippen LogP contribution in [0.5, 0.6) is 0 Å². The molecule has 0 amide bonds. The fourth-order valence-electron chi connectivity index (χ4n) is 0.767. The zero-order chi connectivity index (χ0) is 6.85. The Morgan fingerprint density at radius 2 is 2.10 bits per heavy atom. The first kappa shape index (κ1) is 10.2. The number of aromatic nitrogens is 3. The molecular formula is C6H10N3Y-. The Labute approximate surface area is 86.1 Å². The summed E-state index contributed by atoms with van der Waals surface area (Å²) < 4.78 is 1.74. The molecule has 1 aromatic heterocycles. The smallest absolute Gasteiger partial charge is 0.0107 e. The zero-order valence-electron chi connectivity index (χ0n) is 6.50. The Bertz CT molecular complexity index is 195. The van der Waals surface area contributed by atoms with Crippen molar-refractivity contribution in [2.45, 2.75) is 19.8 Å². The average molecular weight is 213 g/mol. The number of aryl methyl sites for hydroxylation is 1. The van der Waals surface area contributed by atoms with Crippen LogP contribution in [0.2, 0.25) is 0 Å². The summed E-state index contributed by atoms with van der Waals surface area (Å²) in [7, 11) is 1.87. The molecule has 0 atom stereocenters. The summed E-state index contributed by atoms with van der Waals surface area (Å²) >= 11 is 0. The summed E-state index contributed by atoms with van der Waals surface area (Å²) in [6.45, 7) is 4.16. The van der Waals surface area contributed by atoms with Gasteiger partial charge in [0.15, 0.2) is 0 Å². The van der Waals surface area contributed by atoms with Crippen LogP contribution in [-0.4, -0.2) is 14.8 Å². The quantitative estimate of drug-likeness (QED) is 0.644. The van der Waals surface area contributed by atoms with Crippen LogP contribution in [-0.2, 0) is 39.8 Å². The minimum absolute atomic E-state index is 0. The maximum absolute atomic E-state index is 3.94. The number of hydrogen-bond acceptors (Lipinski definition) is 2. The third kappa shape index (κ3) is 2.13. The van der Waals surface area contributed by atoms with Crippen molar-refractivity contribution in [2.75, 3.05) is 0 Å². The third-order valence-electron chi connectivity index (χ3n) is 1.21. The molecule has 3 nitrogen and oxygen atoms in total. The van der Waals surface area contributed by atoms with E-state index < -0.39 is 0 Å². The van der Waals surface area contributed by atoms with E-state index in [-0.39, 0.29) is 32.7 Å². The van der Waals surface area contributed by atoms with Crippen molar-refractivity contribution in [1.29, 1.82) is 0 Å². The number of hydrogen-bond donors (Lipinski definition) is 0. The summed E-state index contributed by atoms with van der Waals surface area (Å²) in [5.41, 5.74) is 0. The van der Waals surface area contributed by atoms with Crippen LogP contribution in [0.4, 0.5) is 0 Å². The molecule has 4 heteroatoms. The molecule has 0 aliphatic carbocycles. The first-order valence-corrected chi connectivity index (χ1v) is 2.99. The second-order valence-electron chi connectivity index (χ2n) is 2.35. The molecule has 53 valence electrons. The molecule has 0 aromatic carbocycles. The fourth-order valence-corrected chi connectivity index (χ4v) is 0.767. The molecule has 0 saturated heterocycles. The van der Waals surface area contributed by atoms with E-state index in [0.29, 0.717) is 5.92 Å². The van der Waals surface area contributed by atoms with Gasteiger partial charge in [0.1, 0.15) is 0 Å². The topological polar surface area (TPSA) is 30.7 Å². The Hall–Kier alpha value is 0.244. The minimum atomic E-state index is 0. The minimum Gasteiger partial charge on any atom is -0.417 e. The summed E-state index contributed by atoms with van der Waals surface area (Å²) in [5.74, 6) is 1.42. The van der Waals surface area contributed by atoms with E-state index in [1.807, 2.05) is 7.05 Å². The molecule has 1 heterocycles. The van der Waals surface area contributed by atoms with Crippen LogP contribution in [0.3, 0.4) is 0 Å². The van der Waals surface area contributed by atoms with Crippen LogP contribution in [0.25, 0.3) is 0 Å². The fraction of sp³-hybridized carbons (Fsp3) is 0.667. The van der Waals surface area contributed by atoms with Gasteiger partial charge in [0.25, 0.3) is 0 Å². The van der Waals surface area contributed by atoms with E-state index in [9.17, 15) is 0 Å². The maximum atomic E-state index is 3.94. The molecule has 0 aliphatic rings. The van der Waals surface area contributed by atoms with Crippen molar-refractivity contribution < 1.29 is 32.7 Å². The molecule has 0 bridgehead atoms. The molecule has 0 N–H and O–H groups in total. The number of nitrogens with zero attached hydrogens (tertiary/aromatic N) is 3. The van der Waals surface area contributed by atoms with Gasteiger partial charge in [-0.25, -0.2) is 0 Å². The predicted octanol–water partition coefficient (Wildman–Crippen LogP) is 0.736. The van der Waals surface area contributed by atoms with Gasteiger partial charge >= 0.3 is 0 Å². The Balaban J connectivity index is 0.000000810. The number of rotatable bonds is 1. The van der Waals surface area contributed by atoms with E-state index in [1.165, 1.54) is 0 Å². The van der Waals surface area contributed by atoms with Gasteiger partial charge in [-0.2, -0.15) is 0 Å². The molecule has 0 spiro atoms. The van der Waals surface area contributed by atoms with Crippen molar-refractivity contribution in [3.63, 3.8) is 0 Å². The van der Waals surface area contributed by atoms with Crippen LogP contribution in [0.15, 0.2) is 0 Å². The molecule has 0 unspecified atom stereocenters. The molecule has 0 fully saturated rings. The van der Waals surface area contributed by atoms with Crippen LogP contribution >= 0.6 is 0 Å². The van der Waals surface area contributed by atoms with Gasteiger partial charge in [0, 0.05) is 39.8 Å². The van der Waals surface area contributed by atoms with Gasteiger partial charge in [-0.3, -0.25) is 5.10 Å². The summed E-state index contributed by atoms with van der Waals surface area (Å²) in [5, 5.41) is 3.82. The Morgan fingerprint density at radius 3 is 2.30 bits per heavy atom. The normalized spacial score (nSPS) is 9.60. The van der Waals surface area contributed by atoms with Gasteiger partial charge in [0.05, 0.1) is 0 Å². The summed E-state index contributed by atoms with van der Waals surface area (Å²) in [6.07, 6.45) is 2.54.